The molecule has 0 atom stereocenters. The second-order valence-electron chi connectivity index (χ2n) is 5.24. The number of nitrogens with two attached hydrogens (primary N) is 1. The quantitative estimate of drug-likeness (QED) is 0.902. The van der Waals surface area contributed by atoms with E-state index in [9.17, 15) is 4.79 Å². The average molecular weight is 331 g/mol. The zero-order valence-corrected chi connectivity index (χ0v) is 13.0. The summed E-state index contributed by atoms with van der Waals surface area (Å²) in [7, 11) is 1.87. The molecule has 3 nitrogen and oxygen atoms in total. The Hall–Kier alpha value is -0.390. The highest BCUT2D eigenvalue weighted by Gasteiger charge is 2.38. The van der Waals surface area contributed by atoms with E-state index in [2.05, 4.69) is 27.4 Å². The van der Waals surface area contributed by atoms with Gasteiger partial charge in [0.05, 0.1) is 3.79 Å². The molecule has 2 rings (SSSR count). The molecule has 1 aromatic rings. The largest absolute Gasteiger partial charge is 0.341 e. The van der Waals surface area contributed by atoms with Crippen molar-refractivity contribution in [1.29, 1.82) is 0 Å². The minimum absolute atomic E-state index is 0.0978. The first-order chi connectivity index (χ1) is 8.54. The minimum Gasteiger partial charge on any atom is -0.341 e. The molecule has 1 amide bonds. The monoisotopic (exact) mass is 330 g/mol. The van der Waals surface area contributed by atoms with Gasteiger partial charge in [-0.15, -0.1) is 11.3 Å². The van der Waals surface area contributed by atoms with Crippen molar-refractivity contribution >= 4 is 33.2 Å². The Morgan fingerprint density at radius 2 is 2.33 bits per heavy atom. The molecule has 0 saturated heterocycles. The highest BCUT2D eigenvalue weighted by Crippen LogP contribution is 2.43. The van der Waals surface area contributed by atoms with Crippen LogP contribution in [0.25, 0.3) is 0 Å². The molecular formula is C13H19BrN2OS. The Morgan fingerprint density at radius 1 is 1.61 bits per heavy atom. The van der Waals surface area contributed by atoms with Crippen LogP contribution in [0.4, 0.5) is 0 Å². The third-order valence-corrected chi connectivity index (χ3v) is 5.39. The first-order valence-corrected chi connectivity index (χ1v) is 7.89. The Bertz CT molecular complexity index is 423. The van der Waals surface area contributed by atoms with Gasteiger partial charge in [-0.3, -0.25) is 4.79 Å². The van der Waals surface area contributed by atoms with Crippen molar-refractivity contribution in [3.63, 3.8) is 0 Å². The zero-order chi connectivity index (χ0) is 13.2. The maximum absolute atomic E-state index is 12.2. The minimum atomic E-state index is 0.0978. The number of carbonyl (C=O) groups excluding carboxylic acids is 1. The molecule has 1 heterocycles. The average Bonchev–Trinajstić information content (AvgIpc) is 2.69. The SMILES string of the molecule is CN(Cc1csc(Br)c1)C(=O)CC1(CN)CCC1. The molecule has 100 valence electrons. The smallest absolute Gasteiger partial charge is 0.223 e. The van der Waals surface area contributed by atoms with Crippen LogP contribution in [0, 0.1) is 5.41 Å². The lowest BCUT2D eigenvalue weighted by Gasteiger charge is -2.41. The number of halogens is 1. The summed E-state index contributed by atoms with van der Waals surface area (Å²) in [5.41, 5.74) is 7.07. The topological polar surface area (TPSA) is 46.3 Å². The van der Waals surface area contributed by atoms with E-state index in [1.54, 1.807) is 11.3 Å². The van der Waals surface area contributed by atoms with E-state index < -0.39 is 0 Å². The van der Waals surface area contributed by atoms with Gasteiger partial charge in [0.15, 0.2) is 0 Å². The van der Waals surface area contributed by atoms with Gasteiger partial charge in [0.25, 0.3) is 0 Å². The number of amides is 1. The second-order valence-corrected chi connectivity index (χ2v) is 7.53. The van der Waals surface area contributed by atoms with Crippen LogP contribution >= 0.6 is 27.3 Å². The number of hydrogen-bond acceptors (Lipinski definition) is 3. The fourth-order valence-electron chi connectivity index (χ4n) is 2.38. The van der Waals surface area contributed by atoms with Crippen molar-refractivity contribution in [2.24, 2.45) is 11.1 Å². The summed E-state index contributed by atoms with van der Waals surface area (Å²) in [6.45, 7) is 1.32. The zero-order valence-electron chi connectivity index (χ0n) is 10.6. The lowest BCUT2D eigenvalue weighted by molar-refractivity contribution is -0.134. The first kappa shape index (κ1) is 14.0. The summed E-state index contributed by atoms with van der Waals surface area (Å²) >= 11 is 5.09. The summed E-state index contributed by atoms with van der Waals surface area (Å²) in [4.78, 5) is 14.0. The molecule has 0 bridgehead atoms. The lowest BCUT2D eigenvalue weighted by Crippen LogP contribution is -2.42. The van der Waals surface area contributed by atoms with Crippen molar-refractivity contribution in [1.82, 2.24) is 4.90 Å². The molecule has 1 aliphatic carbocycles. The molecule has 0 aliphatic heterocycles. The van der Waals surface area contributed by atoms with Gasteiger partial charge in [0, 0.05) is 20.0 Å². The van der Waals surface area contributed by atoms with Gasteiger partial charge in [0.1, 0.15) is 0 Å². The molecule has 0 aromatic carbocycles. The van der Waals surface area contributed by atoms with E-state index in [1.165, 1.54) is 12.0 Å². The van der Waals surface area contributed by atoms with Gasteiger partial charge in [0.2, 0.25) is 5.91 Å². The van der Waals surface area contributed by atoms with E-state index in [-0.39, 0.29) is 11.3 Å². The number of hydrogen-bond donors (Lipinski definition) is 1. The van der Waals surface area contributed by atoms with E-state index >= 15 is 0 Å². The van der Waals surface area contributed by atoms with Crippen LogP contribution in [-0.4, -0.2) is 24.4 Å². The van der Waals surface area contributed by atoms with Crippen molar-refractivity contribution < 1.29 is 4.79 Å². The fraction of sp³-hybridized carbons (Fsp3) is 0.615. The number of thiophene rings is 1. The summed E-state index contributed by atoms with van der Waals surface area (Å²) < 4.78 is 1.11. The Labute approximate surface area is 120 Å². The van der Waals surface area contributed by atoms with Gasteiger partial charge in [-0.05, 0) is 57.7 Å². The first-order valence-electron chi connectivity index (χ1n) is 6.22. The van der Waals surface area contributed by atoms with E-state index in [4.69, 9.17) is 5.73 Å². The van der Waals surface area contributed by atoms with Crippen LogP contribution in [0.1, 0.15) is 31.2 Å². The van der Waals surface area contributed by atoms with Crippen molar-refractivity contribution in [3.8, 4) is 0 Å². The Balaban J connectivity index is 1.88. The highest BCUT2D eigenvalue weighted by molar-refractivity contribution is 9.11. The number of carbonyl (C=O) groups is 1. The Morgan fingerprint density at radius 3 is 2.78 bits per heavy atom. The van der Waals surface area contributed by atoms with E-state index in [0.717, 1.165) is 16.6 Å². The fourth-order valence-corrected chi connectivity index (χ4v) is 3.58. The molecule has 18 heavy (non-hydrogen) atoms. The van der Waals surface area contributed by atoms with Gasteiger partial charge in [-0.1, -0.05) is 6.42 Å². The van der Waals surface area contributed by atoms with Crippen LogP contribution < -0.4 is 5.73 Å². The molecular weight excluding hydrogens is 312 g/mol. The molecule has 1 fully saturated rings. The molecule has 0 unspecified atom stereocenters. The standard InChI is InChI=1S/C13H19BrN2OS/c1-16(7-10-5-11(14)18-8-10)12(17)6-13(9-15)3-2-4-13/h5,8H,2-4,6-7,9,15H2,1H3. The van der Waals surface area contributed by atoms with Crippen LogP contribution in [0.15, 0.2) is 15.2 Å². The maximum Gasteiger partial charge on any atom is 0.223 e. The van der Waals surface area contributed by atoms with Crippen LogP contribution in [0.5, 0.6) is 0 Å². The molecule has 1 aromatic heterocycles. The summed E-state index contributed by atoms with van der Waals surface area (Å²) in [5.74, 6) is 0.211. The second kappa shape index (κ2) is 5.72. The van der Waals surface area contributed by atoms with E-state index in [0.29, 0.717) is 19.5 Å². The predicted molar refractivity (Wildman–Crippen MR) is 78.4 cm³/mol. The summed E-state index contributed by atoms with van der Waals surface area (Å²) in [6.07, 6.45) is 4.02. The molecule has 2 N–H and O–H groups in total. The Kier molecular flexibility index (Phi) is 4.45. The molecule has 1 saturated carbocycles. The lowest BCUT2D eigenvalue weighted by atomic mass is 9.66. The van der Waals surface area contributed by atoms with Crippen LogP contribution in [0.3, 0.4) is 0 Å². The predicted octanol–water partition coefficient (Wildman–Crippen LogP) is 2.99. The normalized spacial score (nSPS) is 17.3. The third kappa shape index (κ3) is 3.13. The molecule has 0 radical (unpaired) electrons. The van der Waals surface area contributed by atoms with Crippen LogP contribution in [-0.2, 0) is 11.3 Å². The number of rotatable bonds is 5. The summed E-state index contributed by atoms with van der Waals surface area (Å²) in [6, 6.07) is 2.07. The van der Waals surface area contributed by atoms with Crippen LogP contribution in [0.2, 0.25) is 0 Å². The molecule has 5 heteroatoms. The molecule has 0 spiro atoms. The third-order valence-electron chi connectivity index (χ3n) is 3.84. The number of nitrogens with zero attached hydrogens (tertiary/aromatic N) is 1. The van der Waals surface area contributed by atoms with Gasteiger partial charge < -0.3 is 10.6 Å². The van der Waals surface area contributed by atoms with Crippen molar-refractivity contribution in [2.75, 3.05) is 13.6 Å². The van der Waals surface area contributed by atoms with E-state index in [1.807, 2.05) is 11.9 Å². The molecule has 1 aliphatic rings. The van der Waals surface area contributed by atoms with Gasteiger partial charge >= 0.3 is 0 Å². The summed E-state index contributed by atoms with van der Waals surface area (Å²) in [5, 5.41) is 2.08. The maximum atomic E-state index is 12.2. The van der Waals surface area contributed by atoms with Gasteiger partial charge in [-0.2, -0.15) is 0 Å². The van der Waals surface area contributed by atoms with Gasteiger partial charge in [-0.25, -0.2) is 0 Å². The van der Waals surface area contributed by atoms with Crippen molar-refractivity contribution in [3.05, 3.63) is 20.8 Å². The van der Waals surface area contributed by atoms with Crippen molar-refractivity contribution in [2.45, 2.75) is 32.2 Å². The highest BCUT2D eigenvalue weighted by atomic mass is 79.9.